The van der Waals surface area contributed by atoms with Crippen molar-refractivity contribution in [2.45, 2.75) is 69.2 Å². The lowest BCUT2D eigenvalue weighted by Crippen LogP contribution is -2.24. The third-order valence-corrected chi connectivity index (χ3v) is 7.68. The predicted octanol–water partition coefficient (Wildman–Crippen LogP) is 8.54. The SMILES string of the molecule is CC1=C(/C=C/C(C)=C/C=C/C(C)=C/C=C/C=C(C)/C=C/C=C(C)/C=C/C2=C(C)C(=O)C(=O)C2(C)C)C(C)(C)C(=O)C1=O. The quantitative estimate of drug-likeness (QED) is 0.197. The number of ketones is 4. The highest BCUT2D eigenvalue weighted by atomic mass is 16.2. The van der Waals surface area contributed by atoms with Crippen LogP contribution in [0.3, 0.4) is 0 Å². The van der Waals surface area contributed by atoms with Crippen molar-refractivity contribution in [1.82, 2.24) is 0 Å². The maximum Gasteiger partial charge on any atom is 0.225 e. The number of carbonyl (C=O) groups is 4. The molecular formula is C38H44O4. The van der Waals surface area contributed by atoms with E-state index in [-0.39, 0.29) is 23.1 Å². The van der Waals surface area contributed by atoms with Gasteiger partial charge in [0.2, 0.25) is 23.1 Å². The molecule has 42 heavy (non-hydrogen) atoms. The van der Waals surface area contributed by atoms with E-state index in [1.54, 1.807) is 41.5 Å². The van der Waals surface area contributed by atoms with Crippen LogP contribution in [0.25, 0.3) is 0 Å². The molecule has 0 atom stereocenters. The Morgan fingerprint density at radius 2 is 0.762 bits per heavy atom. The molecule has 0 aromatic carbocycles. The van der Waals surface area contributed by atoms with Crippen LogP contribution in [0.15, 0.2) is 130 Å². The zero-order valence-electron chi connectivity index (χ0n) is 26.7. The first-order valence-corrected chi connectivity index (χ1v) is 14.2. The van der Waals surface area contributed by atoms with E-state index in [0.717, 1.165) is 33.4 Å². The summed E-state index contributed by atoms with van der Waals surface area (Å²) in [6, 6.07) is 0. The van der Waals surface area contributed by atoms with Crippen LogP contribution >= 0.6 is 0 Å². The molecule has 0 aliphatic heterocycles. The summed E-state index contributed by atoms with van der Waals surface area (Å²) in [5.74, 6) is -1.46. The van der Waals surface area contributed by atoms with E-state index in [0.29, 0.717) is 11.1 Å². The van der Waals surface area contributed by atoms with Gasteiger partial charge in [-0.2, -0.15) is 0 Å². The molecule has 0 fully saturated rings. The second kappa shape index (κ2) is 14.1. The lowest BCUT2D eigenvalue weighted by molar-refractivity contribution is -0.137. The second-order valence-electron chi connectivity index (χ2n) is 12.1. The van der Waals surface area contributed by atoms with E-state index >= 15 is 0 Å². The molecule has 0 saturated heterocycles. The van der Waals surface area contributed by atoms with Crippen LogP contribution in [0.5, 0.6) is 0 Å². The fourth-order valence-corrected chi connectivity index (χ4v) is 4.77. The van der Waals surface area contributed by atoms with Crippen LogP contribution in [-0.2, 0) is 19.2 Å². The topological polar surface area (TPSA) is 68.3 Å². The van der Waals surface area contributed by atoms with Crippen LogP contribution < -0.4 is 0 Å². The zero-order valence-corrected chi connectivity index (χ0v) is 26.7. The zero-order chi connectivity index (χ0) is 31.8. The molecule has 0 saturated carbocycles. The van der Waals surface area contributed by atoms with Crippen molar-refractivity contribution in [1.29, 1.82) is 0 Å². The van der Waals surface area contributed by atoms with Gasteiger partial charge in [0.15, 0.2) is 0 Å². The summed E-state index contributed by atoms with van der Waals surface area (Å²) >= 11 is 0. The Bertz CT molecular complexity index is 1400. The van der Waals surface area contributed by atoms with Gasteiger partial charge in [-0.1, -0.05) is 107 Å². The molecule has 4 heteroatoms. The minimum atomic E-state index is -0.772. The summed E-state index contributed by atoms with van der Waals surface area (Å²) in [4.78, 5) is 48.4. The summed E-state index contributed by atoms with van der Waals surface area (Å²) in [6.07, 6.45) is 27.6. The van der Waals surface area contributed by atoms with Gasteiger partial charge in [0.05, 0.1) is 10.8 Å². The molecule has 0 aromatic heterocycles. The molecule has 2 aliphatic rings. The maximum absolute atomic E-state index is 12.2. The monoisotopic (exact) mass is 564 g/mol. The summed E-state index contributed by atoms with van der Waals surface area (Å²) in [5, 5.41) is 0. The van der Waals surface area contributed by atoms with E-state index in [2.05, 4.69) is 0 Å². The molecule has 0 N–H and O–H groups in total. The number of hydrogen-bond donors (Lipinski definition) is 0. The summed E-state index contributed by atoms with van der Waals surface area (Å²) in [7, 11) is 0. The average Bonchev–Trinajstić information content (AvgIpc) is 3.16. The second-order valence-corrected chi connectivity index (χ2v) is 12.1. The van der Waals surface area contributed by atoms with E-state index < -0.39 is 10.8 Å². The molecule has 0 heterocycles. The Morgan fingerprint density at radius 3 is 1.05 bits per heavy atom. The van der Waals surface area contributed by atoms with Gasteiger partial charge in [0.25, 0.3) is 0 Å². The number of hydrogen-bond acceptors (Lipinski definition) is 4. The van der Waals surface area contributed by atoms with Crippen LogP contribution in [0.1, 0.15) is 69.2 Å². The lowest BCUT2D eigenvalue weighted by atomic mass is 9.84. The van der Waals surface area contributed by atoms with E-state index in [9.17, 15) is 19.2 Å². The number of allylic oxidation sites excluding steroid dienone is 22. The Morgan fingerprint density at radius 1 is 0.476 bits per heavy atom. The fourth-order valence-electron chi connectivity index (χ4n) is 4.77. The molecule has 0 bridgehead atoms. The summed E-state index contributed by atoms with van der Waals surface area (Å²) in [6.45, 7) is 18.6. The van der Waals surface area contributed by atoms with Crippen molar-refractivity contribution in [2.24, 2.45) is 10.8 Å². The Labute approximate surface area is 251 Å². The van der Waals surface area contributed by atoms with Gasteiger partial charge in [-0.15, -0.1) is 0 Å². The lowest BCUT2D eigenvalue weighted by Gasteiger charge is -2.17. The molecule has 0 spiro atoms. The molecular weight excluding hydrogens is 520 g/mol. The van der Waals surface area contributed by atoms with E-state index in [1.807, 2.05) is 113 Å². The predicted molar refractivity (Wildman–Crippen MR) is 174 cm³/mol. The van der Waals surface area contributed by atoms with Gasteiger partial charge >= 0.3 is 0 Å². The smallest absolute Gasteiger partial charge is 0.225 e. The van der Waals surface area contributed by atoms with Crippen molar-refractivity contribution in [3.63, 3.8) is 0 Å². The van der Waals surface area contributed by atoms with Crippen molar-refractivity contribution in [3.05, 3.63) is 130 Å². The minimum Gasteiger partial charge on any atom is -0.289 e. The van der Waals surface area contributed by atoms with Gasteiger partial charge < -0.3 is 0 Å². The molecule has 0 unspecified atom stereocenters. The standard InChI is InChI=1S/C38H44O4/c1-25(17-13-19-27(3)21-23-31-29(5)33(39)35(41)37(31,7)8)15-11-12-16-26(2)18-14-20-28(4)22-24-32-30(6)34(40)36(42)38(32,9)10/h11-24H,1-10H3/b12-11+,17-13+,18-14+,23-21+,24-22+,25-15+,26-16+,27-19+,28-20+. The first-order chi connectivity index (χ1) is 19.5. The number of Topliss-reactive ketones (excluding diaryl/α,β-unsaturated/α-hetero) is 4. The Balaban J connectivity index is 1.93. The Hall–Kier alpha value is -4.18. The first kappa shape index (κ1) is 34.0. The van der Waals surface area contributed by atoms with Gasteiger partial charge in [-0.05, 0) is 80.4 Å². The third-order valence-electron chi connectivity index (χ3n) is 7.68. The van der Waals surface area contributed by atoms with Gasteiger partial charge in [-0.25, -0.2) is 0 Å². The van der Waals surface area contributed by atoms with Crippen LogP contribution in [-0.4, -0.2) is 23.1 Å². The molecule has 2 aliphatic carbocycles. The van der Waals surface area contributed by atoms with Crippen LogP contribution in [0, 0.1) is 10.8 Å². The van der Waals surface area contributed by atoms with Crippen molar-refractivity contribution in [3.8, 4) is 0 Å². The molecule has 0 radical (unpaired) electrons. The normalized spacial score (nSPS) is 21.1. The summed E-state index contributed by atoms with van der Waals surface area (Å²) < 4.78 is 0. The first-order valence-electron chi connectivity index (χ1n) is 14.2. The number of carbonyl (C=O) groups excluding carboxylic acids is 4. The summed E-state index contributed by atoms with van der Waals surface area (Å²) in [5.41, 5.74) is 5.31. The van der Waals surface area contributed by atoms with E-state index in [1.165, 1.54) is 0 Å². The van der Waals surface area contributed by atoms with Crippen molar-refractivity contribution in [2.75, 3.05) is 0 Å². The van der Waals surface area contributed by atoms with Gasteiger partial charge in [0, 0.05) is 11.1 Å². The highest BCUT2D eigenvalue weighted by Gasteiger charge is 2.44. The number of rotatable bonds is 10. The van der Waals surface area contributed by atoms with Crippen LogP contribution in [0.2, 0.25) is 0 Å². The molecule has 0 aromatic rings. The highest BCUT2D eigenvalue weighted by Crippen LogP contribution is 2.39. The Kier molecular flexibility index (Phi) is 11.4. The molecule has 0 amide bonds. The maximum atomic E-state index is 12.2. The van der Waals surface area contributed by atoms with Gasteiger partial charge in [-0.3, -0.25) is 19.2 Å². The molecule has 4 nitrogen and oxygen atoms in total. The minimum absolute atomic E-state index is 0.344. The van der Waals surface area contributed by atoms with Crippen LogP contribution in [0.4, 0.5) is 0 Å². The van der Waals surface area contributed by atoms with Crippen molar-refractivity contribution < 1.29 is 19.2 Å². The largest absolute Gasteiger partial charge is 0.289 e. The third kappa shape index (κ3) is 8.19. The van der Waals surface area contributed by atoms with Gasteiger partial charge in [0.1, 0.15) is 0 Å². The van der Waals surface area contributed by atoms with Crippen molar-refractivity contribution >= 4 is 23.1 Å². The highest BCUT2D eigenvalue weighted by molar-refractivity contribution is 6.49. The average molecular weight is 565 g/mol. The fraction of sp³-hybridized carbons (Fsp3) is 0.316. The molecule has 220 valence electrons. The molecule has 2 rings (SSSR count). The van der Waals surface area contributed by atoms with E-state index in [4.69, 9.17) is 0 Å².